The first-order valence-corrected chi connectivity index (χ1v) is 20.7. The molecule has 0 saturated heterocycles. The Kier molecular flexibility index (Phi) is 14.1. The number of amides is 2. The number of carboxylic acids is 1. The largest absolute Gasteiger partial charge is 0.488 e. The maximum Gasteiger partial charge on any atom is 0.307 e. The van der Waals surface area contributed by atoms with Gasteiger partial charge in [-0.15, -0.1) is 11.3 Å². The number of carboxylic acid groups (broad SMARTS) is 1. The topological polar surface area (TPSA) is 148 Å². The number of carbonyl (C=O) groups excluding carboxylic acids is 4. The first-order chi connectivity index (χ1) is 28.3. The van der Waals surface area contributed by atoms with Gasteiger partial charge in [-0.2, -0.15) is 0 Å². The Bertz CT molecular complexity index is 2200. The van der Waals surface area contributed by atoms with Crippen molar-refractivity contribution in [2.75, 3.05) is 6.61 Å². The molecule has 4 aromatic carbocycles. The van der Waals surface area contributed by atoms with Crippen molar-refractivity contribution in [1.29, 1.82) is 0 Å². The van der Waals surface area contributed by atoms with Gasteiger partial charge in [-0.3, -0.25) is 24.0 Å². The lowest BCUT2D eigenvalue weighted by molar-refractivity contribution is -0.144. The second kappa shape index (κ2) is 19.6. The first kappa shape index (κ1) is 42.5. The van der Waals surface area contributed by atoms with Crippen molar-refractivity contribution < 1.29 is 38.6 Å². The fourth-order valence-electron chi connectivity index (χ4n) is 7.06. The number of rotatable bonds is 9. The number of hydrogen-bond donors (Lipinski definition) is 3. The molecule has 0 fully saturated rings. The standard InChI is InChI=1S/C48H50N2O8S/c1-48(2,3)58-40-21-15-33(16-22-40)25-42-44(52)29-37(47(55)56)24-31-13-19-39(20-14-31)57-30-38(51)27-36(28-41-10-7-23-59-41)45(53)50-43(46(54)49-42)26-32-11-17-35(18-12-32)34-8-5-4-6-9-34/h4-23,36-37,42-43H,24-30H2,1-3H3,(H,49,54)(H,50,53)(H,55,56)/t36-,37+,42-,43-/m0/s1. The molecule has 4 atom stereocenters. The normalized spacial score (nSPS) is 19.7. The molecule has 306 valence electrons. The predicted molar refractivity (Wildman–Crippen MR) is 227 cm³/mol. The maximum absolute atomic E-state index is 14.5. The third kappa shape index (κ3) is 12.7. The number of ether oxygens (including phenoxy) is 2. The van der Waals surface area contributed by atoms with Gasteiger partial charge in [0.05, 0.1) is 12.0 Å². The molecule has 3 N–H and O–H groups in total. The van der Waals surface area contributed by atoms with E-state index in [1.807, 2.05) is 105 Å². The number of Topliss-reactive ketones (excluding diaryl/α,β-unsaturated/α-hetero) is 2. The van der Waals surface area contributed by atoms with Crippen molar-refractivity contribution >= 4 is 40.7 Å². The van der Waals surface area contributed by atoms with E-state index in [1.54, 1.807) is 36.4 Å². The van der Waals surface area contributed by atoms with Crippen LogP contribution >= 0.6 is 11.3 Å². The SMILES string of the molecule is CC(C)(C)Oc1ccc(C[C@@H]2NC(=O)[C@H](Cc3ccc(-c4ccccc4)cc3)NC(=O)[C@H](Cc3cccs3)CC(=O)COc3ccc(cc3)C[C@@H](C(=O)O)CC2=O)cc1. The average molecular weight is 815 g/mol. The van der Waals surface area contributed by atoms with Crippen LogP contribution in [0.4, 0.5) is 0 Å². The Hall–Kier alpha value is -6.07. The summed E-state index contributed by atoms with van der Waals surface area (Å²) in [6.45, 7) is 5.54. The van der Waals surface area contributed by atoms with Crippen LogP contribution in [0, 0.1) is 11.8 Å². The van der Waals surface area contributed by atoms with E-state index in [2.05, 4.69) is 10.6 Å². The number of thiophene rings is 1. The number of benzene rings is 4. The minimum absolute atomic E-state index is 0.0574. The van der Waals surface area contributed by atoms with Gasteiger partial charge in [0.1, 0.15) is 29.7 Å². The molecule has 2 amide bonds. The Morgan fingerprint density at radius 1 is 0.712 bits per heavy atom. The van der Waals surface area contributed by atoms with E-state index in [0.29, 0.717) is 17.1 Å². The van der Waals surface area contributed by atoms with Gasteiger partial charge in [-0.05, 0) is 104 Å². The minimum Gasteiger partial charge on any atom is -0.488 e. The van der Waals surface area contributed by atoms with Crippen LogP contribution in [0.25, 0.3) is 11.1 Å². The summed E-state index contributed by atoms with van der Waals surface area (Å²) in [4.78, 5) is 69.9. The van der Waals surface area contributed by atoms with Crippen LogP contribution < -0.4 is 20.1 Å². The monoisotopic (exact) mass is 814 g/mol. The highest BCUT2D eigenvalue weighted by Crippen LogP contribution is 2.24. The summed E-state index contributed by atoms with van der Waals surface area (Å²) in [6, 6.07) is 33.0. The highest BCUT2D eigenvalue weighted by atomic mass is 32.1. The van der Waals surface area contributed by atoms with Crippen LogP contribution in [-0.4, -0.2) is 58.7 Å². The molecule has 0 unspecified atom stereocenters. The Labute approximate surface area is 349 Å². The molecule has 0 radical (unpaired) electrons. The highest BCUT2D eigenvalue weighted by molar-refractivity contribution is 7.09. The summed E-state index contributed by atoms with van der Waals surface area (Å²) < 4.78 is 11.8. The number of aliphatic carboxylic acids is 1. The predicted octanol–water partition coefficient (Wildman–Crippen LogP) is 7.46. The number of nitrogens with one attached hydrogen (secondary N) is 2. The molecule has 1 aromatic heterocycles. The summed E-state index contributed by atoms with van der Waals surface area (Å²) in [5.41, 5.74) is 3.72. The van der Waals surface area contributed by atoms with Gasteiger partial charge in [0.15, 0.2) is 11.6 Å². The zero-order chi connectivity index (χ0) is 41.9. The lowest BCUT2D eigenvalue weighted by atomic mass is 9.90. The molecule has 3 heterocycles. The Morgan fingerprint density at radius 3 is 1.97 bits per heavy atom. The number of ketones is 2. The quantitative estimate of drug-likeness (QED) is 0.139. The van der Waals surface area contributed by atoms with Gasteiger partial charge in [-0.1, -0.05) is 84.9 Å². The zero-order valence-electron chi connectivity index (χ0n) is 33.5. The van der Waals surface area contributed by atoms with Gasteiger partial charge in [0.25, 0.3) is 0 Å². The van der Waals surface area contributed by atoms with Crippen molar-refractivity contribution in [3.8, 4) is 22.6 Å². The molecule has 10 nitrogen and oxygen atoms in total. The van der Waals surface area contributed by atoms with Crippen LogP contribution in [0.2, 0.25) is 0 Å². The van der Waals surface area contributed by atoms with Gasteiger partial charge in [0, 0.05) is 30.1 Å². The number of fused-ring (bicyclic) bond motifs is 16. The molecule has 59 heavy (non-hydrogen) atoms. The third-order valence-electron chi connectivity index (χ3n) is 10.1. The summed E-state index contributed by atoms with van der Waals surface area (Å²) in [5, 5.41) is 18.0. The van der Waals surface area contributed by atoms with Gasteiger partial charge in [0.2, 0.25) is 11.8 Å². The second-order valence-corrected chi connectivity index (χ2v) is 17.0. The Balaban J connectivity index is 1.34. The minimum atomic E-state index is -1.15. The van der Waals surface area contributed by atoms with Crippen LogP contribution in [-0.2, 0) is 49.7 Å². The van der Waals surface area contributed by atoms with E-state index in [0.717, 1.165) is 27.1 Å². The molecule has 0 saturated carbocycles. The van der Waals surface area contributed by atoms with Crippen molar-refractivity contribution in [3.63, 3.8) is 0 Å². The van der Waals surface area contributed by atoms with Crippen molar-refractivity contribution in [1.82, 2.24) is 10.6 Å². The lowest BCUT2D eigenvalue weighted by Gasteiger charge is -2.26. The Morgan fingerprint density at radius 2 is 1.34 bits per heavy atom. The van der Waals surface area contributed by atoms with Crippen molar-refractivity contribution in [2.45, 2.75) is 77.0 Å². The number of carbonyl (C=O) groups is 5. The fraction of sp³-hybridized carbons (Fsp3) is 0.312. The summed E-state index contributed by atoms with van der Waals surface area (Å²) in [5.74, 6) is -3.85. The van der Waals surface area contributed by atoms with Crippen LogP contribution in [0.5, 0.6) is 11.5 Å². The van der Waals surface area contributed by atoms with Crippen molar-refractivity contribution in [2.24, 2.45) is 11.8 Å². The third-order valence-corrected chi connectivity index (χ3v) is 11.0. The molecule has 0 aliphatic carbocycles. The summed E-state index contributed by atoms with van der Waals surface area (Å²) in [6.07, 6.45) is 0.0114. The van der Waals surface area contributed by atoms with E-state index < -0.39 is 53.1 Å². The van der Waals surface area contributed by atoms with Crippen LogP contribution in [0.3, 0.4) is 0 Å². The molecular weight excluding hydrogens is 765 g/mol. The average Bonchev–Trinajstić information content (AvgIpc) is 3.73. The molecule has 2 aliphatic rings. The first-order valence-electron chi connectivity index (χ1n) is 19.8. The van der Waals surface area contributed by atoms with Gasteiger partial charge >= 0.3 is 5.97 Å². The molecule has 7 rings (SSSR count). The molecule has 2 aliphatic heterocycles. The lowest BCUT2D eigenvalue weighted by Crippen LogP contribution is -2.54. The summed E-state index contributed by atoms with van der Waals surface area (Å²) >= 11 is 1.47. The van der Waals surface area contributed by atoms with E-state index in [1.165, 1.54) is 11.3 Å². The van der Waals surface area contributed by atoms with E-state index in [4.69, 9.17) is 9.47 Å². The fourth-order valence-corrected chi connectivity index (χ4v) is 7.85. The molecule has 11 heteroatoms. The molecule has 2 bridgehead atoms. The molecule has 5 aromatic rings. The number of hydrogen-bond acceptors (Lipinski definition) is 8. The van der Waals surface area contributed by atoms with Crippen LogP contribution in [0.15, 0.2) is 121 Å². The highest BCUT2D eigenvalue weighted by Gasteiger charge is 2.33. The second-order valence-electron chi connectivity index (χ2n) is 16.0. The molecule has 0 spiro atoms. The smallest absolute Gasteiger partial charge is 0.307 e. The van der Waals surface area contributed by atoms with Gasteiger partial charge in [-0.25, -0.2) is 0 Å². The van der Waals surface area contributed by atoms with Gasteiger partial charge < -0.3 is 25.2 Å². The maximum atomic E-state index is 14.5. The van der Waals surface area contributed by atoms with E-state index in [9.17, 15) is 29.1 Å². The van der Waals surface area contributed by atoms with Crippen LogP contribution in [0.1, 0.15) is 55.2 Å². The van der Waals surface area contributed by atoms with E-state index >= 15 is 0 Å². The van der Waals surface area contributed by atoms with E-state index in [-0.39, 0.29) is 50.9 Å². The van der Waals surface area contributed by atoms with Crippen molar-refractivity contribution in [3.05, 3.63) is 142 Å². The molecular formula is C48H50N2O8S. The zero-order valence-corrected chi connectivity index (χ0v) is 34.3. The summed E-state index contributed by atoms with van der Waals surface area (Å²) in [7, 11) is 0.